The molecule has 0 fully saturated rings. The minimum atomic E-state index is -0.373. The monoisotopic (exact) mass is 300 g/mol. The molecular formula is C15H25ClN2O2. The maximum Gasteiger partial charge on any atom is 0.222 e. The van der Waals surface area contributed by atoms with E-state index in [9.17, 15) is 9.90 Å². The van der Waals surface area contributed by atoms with Crippen LogP contribution in [0.15, 0.2) is 30.3 Å². The molecule has 20 heavy (non-hydrogen) atoms. The Bertz CT molecular complexity index is 385. The molecule has 1 aromatic carbocycles. The highest BCUT2D eigenvalue weighted by Crippen LogP contribution is 2.15. The highest BCUT2D eigenvalue weighted by atomic mass is 35.5. The number of rotatable bonds is 7. The van der Waals surface area contributed by atoms with Gasteiger partial charge in [-0.25, -0.2) is 0 Å². The summed E-state index contributed by atoms with van der Waals surface area (Å²) in [7, 11) is 1.76. The van der Waals surface area contributed by atoms with Crippen LogP contribution in [-0.4, -0.2) is 35.6 Å². The van der Waals surface area contributed by atoms with Crippen molar-refractivity contribution >= 4 is 18.3 Å². The van der Waals surface area contributed by atoms with Gasteiger partial charge in [-0.3, -0.25) is 4.79 Å². The minimum absolute atomic E-state index is 0. The topological polar surface area (TPSA) is 66.6 Å². The third-order valence-corrected chi connectivity index (χ3v) is 3.20. The molecule has 114 valence electrons. The number of benzene rings is 1. The van der Waals surface area contributed by atoms with Gasteiger partial charge in [-0.05, 0) is 25.3 Å². The lowest BCUT2D eigenvalue weighted by molar-refractivity contribution is -0.130. The third-order valence-electron chi connectivity index (χ3n) is 3.20. The summed E-state index contributed by atoms with van der Waals surface area (Å²) in [6.07, 6.45) is 1.31. The molecule has 0 heterocycles. The minimum Gasteiger partial charge on any atom is -0.393 e. The lowest BCUT2D eigenvalue weighted by Gasteiger charge is -2.19. The normalized spacial score (nSPS) is 13.2. The molecule has 0 aliphatic carbocycles. The van der Waals surface area contributed by atoms with Crippen molar-refractivity contribution in [3.63, 3.8) is 0 Å². The van der Waals surface area contributed by atoms with Crippen molar-refractivity contribution < 1.29 is 9.90 Å². The molecule has 1 aromatic rings. The number of hydrogen-bond acceptors (Lipinski definition) is 3. The van der Waals surface area contributed by atoms with Gasteiger partial charge in [0.15, 0.2) is 0 Å². The number of nitrogens with two attached hydrogens (primary N) is 1. The Kier molecular flexibility index (Phi) is 9.21. The second-order valence-corrected chi connectivity index (χ2v) is 5.01. The van der Waals surface area contributed by atoms with Crippen LogP contribution in [0.5, 0.6) is 0 Å². The first kappa shape index (κ1) is 18.9. The summed E-state index contributed by atoms with van der Waals surface area (Å²) in [4.78, 5) is 13.5. The van der Waals surface area contributed by atoms with Gasteiger partial charge in [-0.15, -0.1) is 12.4 Å². The smallest absolute Gasteiger partial charge is 0.222 e. The van der Waals surface area contributed by atoms with Crippen LogP contribution >= 0.6 is 12.4 Å². The fourth-order valence-electron chi connectivity index (χ4n) is 1.84. The van der Waals surface area contributed by atoms with E-state index in [0.29, 0.717) is 25.8 Å². The van der Waals surface area contributed by atoms with Crippen molar-refractivity contribution in [3.8, 4) is 0 Å². The second-order valence-electron chi connectivity index (χ2n) is 5.01. The molecule has 5 heteroatoms. The predicted molar refractivity (Wildman–Crippen MR) is 83.8 cm³/mol. The van der Waals surface area contributed by atoms with E-state index < -0.39 is 0 Å². The first-order valence-corrected chi connectivity index (χ1v) is 6.73. The van der Waals surface area contributed by atoms with Gasteiger partial charge in [0, 0.05) is 26.1 Å². The van der Waals surface area contributed by atoms with Crippen LogP contribution in [0, 0.1) is 0 Å². The summed E-state index contributed by atoms with van der Waals surface area (Å²) in [5.74, 6) is 0.0760. The summed E-state index contributed by atoms with van der Waals surface area (Å²) in [6, 6.07) is 9.71. The Morgan fingerprint density at radius 3 is 2.45 bits per heavy atom. The van der Waals surface area contributed by atoms with E-state index in [2.05, 4.69) is 0 Å². The molecule has 2 atom stereocenters. The molecule has 1 rings (SSSR count). The highest BCUT2D eigenvalue weighted by molar-refractivity contribution is 5.85. The number of amides is 1. The molecule has 0 spiro atoms. The van der Waals surface area contributed by atoms with Crippen LogP contribution in [0.2, 0.25) is 0 Å². The molecular weight excluding hydrogens is 276 g/mol. The Balaban J connectivity index is 0.00000361. The Morgan fingerprint density at radius 1 is 1.30 bits per heavy atom. The number of carbonyl (C=O) groups is 1. The number of aliphatic hydroxyl groups excluding tert-OH is 1. The van der Waals surface area contributed by atoms with Gasteiger partial charge >= 0.3 is 0 Å². The van der Waals surface area contributed by atoms with Crippen LogP contribution in [0.1, 0.15) is 37.8 Å². The SMILES string of the molecule is CC(O)CCN(C)C(=O)CCC(N)c1ccccc1.Cl. The Hall–Kier alpha value is -1.10. The van der Waals surface area contributed by atoms with Gasteiger partial charge in [0.25, 0.3) is 0 Å². The summed E-state index contributed by atoms with van der Waals surface area (Å²) in [5, 5.41) is 9.19. The summed E-state index contributed by atoms with van der Waals surface area (Å²) in [5.41, 5.74) is 7.11. The van der Waals surface area contributed by atoms with E-state index in [0.717, 1.165) is 5.56 Å². The number of halogens is 1. The van der Waals surface area contributed by atoms with Gasteiger partial charge in [-0.2, -0.15) is 0 Å². The molecule has 0 aromatic heterocycles. The lowest BCUT2D eigenvalue weighted by Crippen LogP contribution is -2.30. The molecule has 4 nitrogen and oxygen atoms in total. The molecule has 2 unspecified atom stereocenters. The maximum atomic E-state index is 11.9. The predicted octanol–water partition coefficient (Wildman–Crippen LogP) is 2.12. The van der Waals surface area contributed by atoms with Crippen LogP contribution < -0.4 is 5.73 Å². The second kappa shape index (κ2) is 9.75. The van der Waals surface area contributed by atoms with Crippen LogP contribution in [0.4, 0.5) is 0 Å². The van der Waals surface area contributed by atoms with E-state index in [4.69, 9.17) is 5.73 Å². The van der Waals surface area contributed by atoms with Gasteiger partial charge in [-0.1, -0.05) is 30.3 Å². The molecule has 0 aliphatic rings. The fraction of sp³-hybridized carbons (Fsp3) is 0.533. The van der Waals surface area contributed by atoms with Crippen molar-refractivity contribution in [1.82, 2.24) is 4.90 Å². The zero-order chi connectivity index (χ0) is 14.3. The van der Waals surface area contributed by atoms with Crippen molar-refractivity contribution in [3.05, 3.63) is 35.9 Å². The molecule has 0 saturated carbocycles. The molecule has 0 bridgehead atoms. The fourth-order valence-corrected chi connectivity index (χ4v) is 1.84. The van der Waals surface area contributed by atoms with Crippen LogP contribution in [-0.2, 0) is 4.79 Å². The Morgan fingerprint density at radius 2 is 1.90 bits per heavy atom. The molecule has 3 N–H and O–H groups in total. The van der Waals surface area contributed by atoms with E-state index in [1.54, 1.807) is 18.9 Å². The van der Waals surface area contributed by atoms with E-state index in [-0.39, 0.29) is 30.5 Å². The summed E-state index contributed by atoms with van der Waals surface area (Å²) >= 11 is 0. The van der Waals surface area contributed by atoms with E-state index in [1.807, 2.05) is 30.3 Å². The van der Waals surface area contributed by atoms with Crippen molar-refractivity contribution in [2.45, 2.75) is 38.3 Å². The lowest BCUT2D eigenvalue weighted by atomic mass is 10.0. The van der Waals surface area contributed by atoms with Crippen molar-refractivity contribution in [2.24, 2.45) is 5.73 Å². The van der Waals surface area contributed by atoms with Crippen molar-refractivity contribution in [2.75, 3.05) is 13.6 Å². The number of nitrogens with zero attached hydrogens (tertiary/aromatic N) is 1. The highest BCUT2D eigenvalue weighted by Gasteiger charge is 2.12. The van der Waals surface area contributed by atoms with Crippen LogP contribution in [0.3, 0.4) is 0 Å². The molecule has 0 radical (unpaired) electrons. The van der Waals surface area contributed by atoms with E-state index >= 15 is 0 Å². The van der Waals surface area contributed by atoms with E-state index in [1.165, 1.54) is 0 Å². The number of carbonyl (C=O) groups excluding carboxylic acids is 1. The summed E-state index contributed by atoms with van der Waals surface area (Å²) in [6.45, 7) is 2.31. The molecule has 0 saturated heterocycles. The zero-order valence-corrected chi connectivity index (χ0v) is 13.0. The molecule has 0 aliphatic heterocycles. The van der Waals surface area contributed by atoms with Crippen molar-refractivity contribution in [1.29, 1.82) is 0 Å². The Labute approximate surface area is 127 Å². The quantitative estimate of drug-likeness (QED) is 0.810. The van der Waals surface area contributed by atoms with Crippen LogP contribution in [0.25, 0.3) is 0 Å². The van der Waals surface area contributed by atoms with Gasteiger partial charge in [0.2, 0.25) is 5.91 Å². The standard InChI is InChI=1S/C15H24N2O2.ClH/c1-12(18)10-11-17(2)15(19)9-8-14(16)13-6-4-3-5-7-13;/h3-7,12,14,18H,8-11,16H2,1-2H3;1H. The van der Waals surface area contributed by atoms with Gasteiger partial charge < -0.3 is 15.7 Å². The summed E-state index contributed by atoms with van der Waals surface area (Å²) < 4.78 is 0. The van der Waals surface area contributed by atoms with Gasteiger partial charge in [0.05, 0.1) is 6.10 Å². The zero-order valence-electron chi connectivity index (χ0n) is 12.2. The average molecular weight is 301 g/mol. The van der Waals surface area contributed by atoms with Gasteiger partial charge in [0.1, 0.15) is 0 Å². The number of aliphatic hydroxyl groups is 1. The maximum absolute atomic E-state index is 11.9. The first-order chi connectivity index (χ1) is 9.00. The molecule has 1 amide bonds. The largest absolute Gasteiger partial charge is 0.393 e. The first-order valence-electron chi connectivity index (χ1n) is 6.73. The number of hydrogen-bond donors (Lipinski definition) is 2. The third kappa shape index (κ3) is 6.89. The average Bonchev–Trinajstić information content (AvgIpc) is 2.42.